The molecular formula is C8H8F6N2O4S. The van der Waals surface area contributed by atoms with Crippen LogP contribution >= 0.6 is 0 Å². The Balaban J connectivity index is 0.000000690. The summed E-state index contributed by atoms with van der Waals surface area (Å²) in [6, 6.07) is 1.71. The number of nitrogens with two attached hydrogens (primary N) is 1. The van der Waals surface area contributed by atoms with E-state index in [0.717, 1.165) is 0 Å². The predicted octanol–water partition coefficient (Wildman–Crippen LogP) is 2.36. The molecule has 0 saturated carbocycles. The van der Waals surface area contributed by atoms with Gasteiger partial charge in [-0.1, -0.05) is 6.07 Å². The molecule has 0 aliphatic heterocycles. The molecule has 5 N–H and O–H groups in total. The standard InChI is InChI=1S/C8H6F6N2.H2O4S/c9-7(10,11)4-2-1-3-5(6(4)16-15)8(12,13)14;1-5(2,3)4/h1-3,16H,15H2;(H2,1,2,3,4). The molecule has 0 spiro atoms. The van der Waals surface area contributed by atoms with Gasteiger partial charge in [0.1, 0.15) is 0 Å². The monoisotopic (exact) mass is 342 g/mol. The number of nitrogen functional groups attached to an aromatic ring is 1. The van der Waals surface area contributed by atoms with Crippen molar-refractivity contribution in [3.63, 3.8) is 0 Å². The number of para-hydroxylation sites is 1. The Bertz CT molecular complexity index is 543. The van der Waals surface area contributed by atoms with Crippen molar-refractivity contribution in [3.8, 4) is 0 Å². The number of alkyl halides is 6. The van der Waals surface area contributed by atoms with Crippen molar-refractivity contribution in [3.05, 3.63) is 29.3 Å². The number of halogens is 6. The lowest BCUT2D eigenvalue weighted by atomic mass is 10.1. The highest BCUT2D eigenvalue weighted by Gasteiger charge is 2.40. The Labute approximate surface area is 114 Å². The predicted molar refractivity (Wildman–Crippen MR) is 58.4 cm³/mol. The van der Waals surface area contributed by atoms with E-state index < -0.39 is 39.6 Å². The molecule has 1 aromatic rings. The smallest absolute Gasteiger partial charge is 0.323 e. The SMILES string of the molecule is NNc1c(C(F)(F)F)cccc1C(F)(F)F.O=S(=O)(O)O. The second-order valence-corrected chi connectivity index (χ2v) is 4.21. The van der Waals surface area contributed by atoms with Gasteiger partial charge in [0.2, 0.25) is 0 Å². The minimum absolute atomic E-state index is 0.518. The van der Waals surface area contributed by atoms with Crippen LogP contribution < -0.4 is 11.3 Å². The van der Waals surface area contributed by atoms with Gasteiger partial charge in [0.05, 0.1) is 16.8 Å². The van der Waals surface area contributed by atoms with Gasteiger partial charge < -0.3 is 5.43 Å². The molecular weight excluding hydrogens is 334 g/mol. The first-order valence-electron chi connectivity index (χ1n) is 4.62. The van der Waals surface area contributed by atoms with Gasteiger partial charge in [-0.25, -0.2) is 0 Å². The Kier molecular flexibility index (Phi) is 5.98. The van der Waals surface area contributed by atoms with E-state index in [9.17, 15) is 26.3 Å². The second-order valence-electron chi connectivity index (χ2n) is 3.32. The third kappa shape index (κ3) is 7.12. The number of hydrazine groups is 1. The summed E-state index contributed by atoms with van der Waals surface area (Å²) in [4.78, 5) is 0. The molecule has 6 nitrogen and oxygen atoms in total. The molecule has 1 rings (SSSR count). The summed E-state index contributed by atoms with van der Waals surface area (Å²) in [5.74, 6) is 4.69. The van der Waals surface area contributed by atoms with Gasteiger partial charge in [-0.15, -0.1) is 0 Å². The van der Waals surface area contributed by atoms with Crippen molar-refractivity contribution < 1.29 is 43.9 Å². The fourth-order valence-electron chi connectivity index (χ4n) is 1.18. The number of anilines is 1. The summed E-state index contributed by atoms with van der Waals surface area (Å²) in [7, 11) is -4.67. The molecule has 0 unspecified atom stereocenters. The first kappa shape index (κ1) is 19.4. The van der Waals surface area contributed by atoms with Crippen LogP contribution in [-0.2, 0) is 22.8 Å². The highest BCUT2D eigenvalue weighted by atomic mass is 32.3. The van der Waals surface area contributed by atoms with Crippen molar-refractivity contribution in [2.24, 2.45) is 5.84 Å². The van der Waals surface area contributed by atoms with Crippen LogP contribution in [0, 0.1) is 0 Å². The molecule has 122 valence electrons. The molecule has 0 aliphatic rings. The maximum atomic E-state index is 12.3. The van der Waals surface area contributed by atoms with E-state index in [1.165, 1.54) is 5.43 Å². The number of benzene rings is 1. The quantitative estimate of drug-likeness (QED) is 0.270. The first-order chi connectivity index (χ1) is 9.18. The summed E-state index contributed by atoms with van der Waals surface area (Å²) in [6.07, 6.45) is -9.80. The molecule has 0 bridgehead atoms. The lowest BCUT2D eigenvalue weighted by Gasteiger charge is -2.17. The fraction of sp³-hybridized carbons (Fsp3) is 0.250. The van der Waals surface area contributed by atoms with Gasteiger partial charge in [0.25, 0.3) is 0 Å². The van der Waals surface area contributed by atoms with Crippen LogP contribution in [0.25, 0.3) is 0 Å². The van der Waals surface area contributed by atoms with Crippen LogP contribution in [-0.4, -0.2) is 17.5 Å². The van der Waals surface area contributed by atoms with Gasteiger partial charge in [-0.2, -0.15) is 34.8 Å². The number of nitrogens with one attached hydrogen (secondary N) is 1. The topological polar surface area (TPSA) is 113 Å². The zero-order valence-corrected chi connectivity index (χ0v) is 10.5. The second kappa shape index (κ2) is 6.46. The third-order valence-corrected chi connectivity index (χ3v) is 1.82. The van der Waals surface area contributed by atoms with E-state index in [1.54, 1.807) is 0 Å². The van der Waals surface area contributed by atoms with Gasteiger partial charge in [0.15, 0.2) is 0 Å². The molecule has 0 atom stereocenters. The Hall–Kier alpha value is -1.57. The van der Waals surface area contributed by atoms with E-state index in [0.29, 0.717) is 18.2 Å². The highest BCUT2D eigenvalue weighted by molar-refractivity contribution is 7.79. The van der Waals surface area contributed by atoms with E-state index in [1.807, 2.05) is 0 Å². The van der Waals surface area contributed by atoms with Crippen LogP contribution in [0.1, 0.15) is 11.1 Å². The van der Waals surface area contributed by atoms with Crippen molar-refractivity contribution in [1.29, 1.82) is 0 Å². The molecule has 0 radical (unpaired) electrons. The summed E-state index contributed by atoms with van der Waals surface area (Å²) >= 11 is 0. The Morgan fingerprint density at radius 3 is 1.43 bits per heavy atom. The third-order valence-electron chi connectivity index (χ3n) is 1.82. The molecule has 0 saturated heterocycles. The number of rotatable bonds is 1. The molecule has 0 amide bonds. The van der Waals surface area contributed by atoms with E-state index >= 15 is 0 Å². The molecule has 0 heterocycles. The van der Waals surface area contributed by atoms with Crippen LogP contribution in [0.3, 0.4) is 0 Å². The fourth-order valence-corrected chi connectivity index (χ4v) is 1.18. The van der Waals surface area contributed by atoms with Gasteiger partial charge in [0, 0.05) is 0 Å². The maximum absolute atomic E-state index is 12.3. The summed E-state index contributed by atoms with van der Waals surface area (Å²) < 4.78 is 106. The van der Waals surface area contributed by atoms with E-state index in [-0.39, 0.29) is 0 Å². The molecule has 0 fully saturated rings. The summed E-state index contributed by atoms with van der Waals surface area (Å²) in [6.45, 7) is 0. The maximum Gasteiger partial charge on any atom is 0.418 e. The van der Waals surface area contributed by atoms with E-state index in [2.05, 4.69) is 0 Å². The summed E-state index contributed by atoms with van der Waals surface area (Å²) in [5, 5.41) is 0. The van der Waals surface area contributed by atoms with Crippen LogP contribution in [0.15, 0.2) is 18.2 Å². The minimum atomic E-state index is -4.90. The van der Waals surface area contributed by atoms with E-state index in [4.69, 9.17) is 23.4 Å². The Morgan fingerprint density at radius 2 is 1.24 bits per heavy atom. The number of hydrogen-bond acceptors (Lipinski definition) is 4. The minimum Gasteiger partial charge on any atom is -0.323 e. The van der Waals surface area contributed by atoms with Gasteiger partial charge in [-0.3, -0.25) is 14.9 Å². The molecule has 21 heavy (non-hydrogen) atoms. The number of hydrogen-bond donors (Lipinski definition) is 4. The van der Waals surface area contributed by atoms with Crippen LogP contribution in [0.2, 0.25) is 0 Å². The molecule has 13 heteroatoms. The molecule has 0 aliphatic carbocycles. The highest BCUT2D eigenvalue weighted by Crippen LogP contribution is 2.41. The van der Waals surface area contributed by atoms with Crippen LogP contribution in [0.4, 0.5) is 32.0 Å². The molecule has 1 aromatic carbocycles. The molecule has 0 aromatic heterocycles. The van der Waals surface area contributed by atoms with Gasteiger partial charge >= 0.3 is 22.8 Å². The van der Waals surface area contributed by atoms with Gasteiger partial charge in [-0.05, 0) is 12.1 Å². The average Bonchev–Trinajstić information content (AvgIpc) is 2.23. The zero-order chi connectivity index (χ0) is 17.1. The van der Waals surface area contributed by atoms with Crippen molar-refractivity contribution >= 4 is 16.1 Å². The van der Waals surface area contributed by atoms with Crippen molar-refractivity contribution in [1.82, 2.24) is 0 Å². The normalized spacial score (nSPS) is 12.4. The zero-order valence-electron chi connectivity index (χ0n) is 9.70. The van der Waals surface area contributed by atoms with Crippen molar-refractivity contribution in [2.75, 3.05) is 5.43 Å². The lowest BCUT2D eigenvalue weighted by molar-refractivity contribution is -0.141. The average molecular weight is 342 g/mol. The van der Waals surface area contributed by atoms with Crippen molar-refractivity contribution in [2.45, 2.75) is 12.4 Å². The largest absolute Gasteiger partial charge is 0.418 e. The Morgan fingerprint density at radius 1 is 0.952 bits per heavy atom. The summed E-state index contributed by atoms with van der Waals surface area (Å²) in [5.41, 5.74) is -2.65. The van der Waals surface area contributed by atoms with Crippen LogP contribution in [0.5, 0.6) is 0 Å². The first-order valence-corrected chi connectivity index (χ1v) is 6.01. The lowest BCUT2D eigenvalue weighted by Crippen LogP contribution is -2.20.